The van der Waals surface area contributed by atoms with Crippen LogP contribution in [0.15, 0.2) is 29.1 Å². The lowest BCUT2D eigenvalue weighted by Gasteiger charge is -2.06. The quantitative estimate of drug-likeness (QED) is 0.762. The van der Waals surface area contributed by atoms with E-state index in [1.165, 1.54) is 22.8 Å². The van der Waals surface area contributed by atoms with E-state index in [-0.39, 0.29) is 23.5 Å². The number of rotatable bonds is 1. The number of pyridine rings is 1. The zero-order valence-electron chi connectivity index (χ0n) is 8.20. The third kappa shape index (κ3) is 1.53. The number of aliphatic hydroxyl groups excluding tert-OH is 1. The molecule has 15 heavy (non-hydrogen) atoms. The molecule has 2 aromatic rings. The summed E-state index contributed by atoms with van der Waals surface area (Å²) in [5, 5.41) is 9.58. The summed E-state index contributed by atoms with van der Waals surface area (Å²) >= 11 is 0. The molecule has 0 fully saturated rings. The molecule has 0 radical (unpaired) electrons. The van der Waals surface area contributed by atoms with Crippen molar-refractivity contribution < 1.29 is 9.50 Å². The molecule has 1 N–H and O–H groups in total. The second-order valence-electron chi connectivity index (χ2n) is 3.39. The Balaban J connectivity index is 2.91. The summed E-state index contributed by atoms with van der Waals surface area (Å²) in [7, 11) is 1.60. The molecular weight excluding hydrogens is 197 g/mol. The highest BCUT2D eigenvalue weighted by atomic mass is 19.1. The van der Waals surface area contributed by atoms with E-state index in [1.807, 2.05) is 0 Å². The summed E-state index contributed by atoms with van der Waals surface area (Å²) < 4.78 is 14.4. The van der Waals surface area contributed by atoms with Crippen LogP contribution in [0, 0.1) is 5.82 Å². The lowest BCUT2D eigenvalue weighted by molar-refractivity contribution is 0.279. The number of nitrogens with zero attached hydrogens (tertiary/aromatic N) is 1. The molecule has 2 rings (SSSR count). The standard InChI is InChI=1S/C11H10FNO2/c1-13-10-3-2-9(12)5-7(10)4-8(6-14)11(13)15/h2-5,14H,6H2,1H3. The summed E-state index contributed by atoms with van der Waals surface area (Å²) in [4.78, 5) is 11.6. The van der Waals surface area contributed by atoms with Gasteiger partial charge in [0.15, 0.2) is 0 Å². The fourth-order valence-corrected chi connectivity index (χ4v) is 1.63. The molecule has 0 saturated carbocycles. The molecular formula is C11H10FNO2. The Bertz CT molecular complexity index is 575. The van der Waals surface area contributed by atoms with Crippen molar-refractivity contribution in [3.63, 3.8) is 0 Å². The van der Waals surface area contributed by atoms with Crippen molar-refractivity contribution in [2.75, 3.05) is 0 Å². The molecule has 1 aromatic heterocycles. The molecule has 0 saturated heterocycles. The minimum Gasteiger partial charge on any atom is -0.391 e. The van der Waals surface area contributed by atoms with Gasteiger partial charge in [0.2, 0.25) is 0 Å². The van der Waals surface area contributed by atoms with Crippen LogP contribution in [0.2, 0.25) is 0 Å². The maximum absolute atomic E-state index is 13.0. The monoisotopic (exact) mass is 207 g/mol. The fraction of sp³-hybridized carbons (Fsp3) is 0.182. The Morgan fingerprint density at radius 1 is 1.40 bits per heavy atom. The van der Waals surface area contributed by atoms with E-state index in [9.17, 15) is 9.18 Å². The highest BCUT2D eigenvalue weighted by molar-refractivity contribution is 5.79. The van der Waals surface area contributed by atoms with Crippen LogP contribution >= 0.6 is 0 Å². The third-order valence-corrected chi connectivity index (χ3v) is 2.43. The van der Waals surface area contributed by atoms with Gasteiger partial charge in [0, 0.05) is 18.0 Å². The summed E-state index contributed by atoms with van der Waals surface area (Å²) in [6, 6.07) is 5.71. The third-order valence-electron chi connectivity index (χ3n) is 2.43. The van der Waals surface area contributed by atoms with E-state index in [0.717, 1.165) is 0 Å². The van der Waals surface area contributed by atoms with Crippen LogP contribution in [0.25, 0.3) is 10.9 Å². The maximum atomic E-state index is 13.0. The first-order chi connectivity index (χ1) is 7.13. The summed E-state index contributed by atoms with van der Waals surface area (Å²) in [5.41, 5.74) is 0.672. The van der Waals surface area contributed by atoms with E-state index in [2.05, 4.69) is 0 Å². The lowest BCUT2D eigenvalue weighted by atomic mass is 10.1. The molecule has 0 atom stereocenters. The summed E-state index contributed by atoms with van der Waals surface area (Å²) in [6.45, 7) is -0.334. The highest BCUT2D eigenvalue weighted by Crippen LogP contribution is 2.14. The topological polar surface area (TPSA) is 42.2 Å². The molecule has 0 aliphatic heterocycles. The van der Waals surface area contributed by atoms with Crippen LogP contribution in [0.5, 0.6) is 0 Å². The molecule has 1 aromatic carbocycles. The van der Waals surface area contributed by atoms with Gasteiger partial charge >= 0.3 is 0 Å². The van der Waals surface area contributed by atoms with Crippen LogP contribution in [0.4, 0.5) is 4.39 Å². The van der Waals surface area contributed by atoms with Crippen LogP contribution in [-0.4, -0.2) is 9.67 Å². The largest absolute Gasteiger partial charge is 0.391 e. The van der Waals surface area contributed by atoms with Crippen molar-refractivity contribution in [1.29, 1.82) is 0 Å². The Kier molecular flexibility index (Phi) is 2.28. The average molecular weight is 207 g/mol. The number of halogens is 1. The average Bonchev–Trinajstić information content (AvgIpc) is 2.23. The van der Waals surface area contributed by atoms with Gasteiger partial charge in [0.05, 0.1) is 12.1 Å². The number of benzene rings is 1. The van der Waals surface area contributed by atoms with Gasteiger partial charge in [-0.25, -0.2) is 4.39 Å². The predicted molar refractivity (Wildman–Crippen MR) is 55.1 cm³/mol. The number of hydrogen-bond donors (Lipinski definition) is 1. The zero-order valence-corrected chi connectivity index (χ0v) is 8.20. The first-order valence-electron chi connectivity index (χ1n) is 4.52. The highest BCUT2D eigenvalue weighted by Gasteiger charge is 2.06. The van der Waals surface area contributed by atoms with Gasteiger partial charge in [-0.2, -0.15) is 0 Å². The van der Waals surface area contributed by atoms with Crippen LogP contribution in [0.1, 0.15) is 5.56 Å². The molecule has 78 valence electrons. The van der Waals surface area contributed by atoms with Crippen molar-refractivity contribution >= 4 is 10.9 Å². The van der Waals surface area contributed by atoms with Crippen LogP contribution in [0.3, 0.4) is 0 Å². The van der Waals surface area contributed by atoms with E-state index in [4.69, 9.17) is 5.11 Å². The van der Waals surface area contributed by atoms with Gasteiger partial charge in [-0.15, -0.1) is 0 Å². The van der Waals surface area contributed by atoms with E-state index < -0.39 is 0 Å². The van der Waals surface area contributed by atoms with Crippen molar-refractivity contribution in [2.24, 2.45) is 7.05 Å². The Labute approximate surface area is 85.4 Å². The summed E-state index contributed by atoms with van der Waals surface area (Å²) in [5.74, 6) is -0.356. The molecule has 0 amide bonds. The fourth-order valence-electron chi connectivity index (χ4n) is 1.63. The molecule has 0 bridgehead atoms. The predicted octanol–water partition coefficient (Wildman–Crippen LogP) is 1.17. The number of fused-ring (bicyclic) bond motifs is 1. The van der Waals surface area contributed by atoms with Crippen molar-refractivity contribution in [1.82, 2.24) is 4.57 Å². The Morgan fingerprint density at radius 3 is 2.80 bits per heavy atom. The number of aryl methyl sites for hydroxylation is 1. The van der Waals surface area contributed by atoms with Crippen LogP contribution < -0.4 is 5.56 Å². The molecule has 0 aliphatic rings. The second-order valence-corrected chi connectivity index (χ2v) is 3.39. The maximum Gasteiger partial charge on any atom is 0.256 e. The molecule has 0 unspecified atom stereocenters. The first kappa shape index (κ1) is 9.86. The minimum absolute atomic E-state index is 0.253. The van der Waals surface area contributed by atoms with E-state index in [0.29, 0.717) is 10.9 Å². The van der Waals surface area contributed by atoms with Gasteiger partial charge in [0.25, 0.3) is 5.56 Å². The van der Waals surface area contributed by atoms with Gasteiger partial charge < -0.3 is 9.67 Å². The van der Waals surface area contributed by atoms with Crippen molar-refractivity contribution in [2.45, 2.75) is 6.61 Å². The molecule has 0 spiro atoms. The first-order valence-corrected chi connectivity index (χ1v) is 4.52. The van der Waals surface area contributed by atoms with Crippen molar-refractivity contribution in [3.8, 4) is 0 Å². The molecule has 0 aliphatic carbocycles. The van der Waals surface area contributed by atoms with Gasteiger partial charge in [-0.05, 0) is 24.3 Å². The van der Waals surface area contributed by atoms with Gasteiger partial charge in [-0.1, -0.05) is 0 Å². The number of aromatic nitrogens is 1. The number of aliphatic hydroxyl groups is 1. The molecule has 3 nitrogen and oxygen atoms in total. The van der Waals surface area contributed by atoms with Crippen molar-refractivity contribution in [3.05, 3.63) is 46.0 Å². The summed E-state index contributed by atoms with van der Waals surface area (Å²) in [6.07, 6.45) is 0. The SMILES string of the molecule is Cn1c(=O)c(CO)cc2cc(F)ccc21. The second kappa shape index (κ2) is 3.47. The van der Waals surface area contributed by atoms with Gasteiger partial charge in [0.1, 0.15) is 5.82 Å². The zero-order chi connectivity index (χ0) is 11.0. The Morgan fingerprint density at radius 2 is 2.13 bits per heavy atom. The minimum atomic E-state index is -0.356. The van der Waals surface area contributed by atoms with E-state index >= 15 is 0 Å². The van der Waals surface area contributed by atoms with Crippen LogP contribution in [-0.2, 0) is 13.7 Å². The number of hydrogen-bond acceptors (Lipinski definition) is 2. The van der Waals surface area contributed by atoms with Gasteiger partial charge in [-0.3, -0.25) is 4.79 Å². The molecule has 1 heterocycles. The lowest BCUT2D eigenvalue weighted by Crippen LogP contribution is -2.21. The smallest absolute Gasteiger partial charge is 0.256 e. The molecule has 4 heteroatoms. The Hall–Kier alpha value is -1.68. The normalized spacial score (nSPS) is 10.9. The van der Waals surface area contributed by atoms with E-state index in [1.54, 1.807) is 13.1 Å².